The van der Waals surface area contributed by atoms with Crippen molar-refractivity contribution in [2.45, 2.75) is 39.7 Å². The molecule has 6 heteroatoms. The highest BCUT2D eigenvalue weighted by Gasteiger charge is 2.18. The van der Waals surface area contributed by atoms with Crippen LogP contribution in [0.2, 0.25) is 0 Å². The molecule has 0 aromatic carbocycles. The number of likely N-dealkylation sites (tertiary alicyclic amines) is 1. The van der Waals surface area contributed by atoms with Crippen molar-refractivity contribution in [1.29, 1.82) is 0 Å². The Morgan fingerprint density at radius 3 is 2.52 bits per heavy atom. The lowest BCUT2D eigenvalue weighted by Crippen LogP contribution is -2.42. The van der Waals surface area contributed by atoms with Crippen LogP contribution in [0, 0.1) is 5.92 Å². The molecule has 21 heavy (non-hydrogen) atoms. The molecule has 1 aliphatic heterocycles. The van der Waals surface area contributed by atoms with E-state index in [1.165, 1.54) is 25.9 Å². The summed E-state index contributed by atoms with van der Waals surface area (Å²) in [6.45, 7) is 12.5. The number of halogens is 1. The van der Waals surface area contributed by atoms with Crippen LogP contribution in [0.5, 0.6) is 0 Å². The molecule has 0 aliphatic carbocycles. The van der Waals surface area contributed by atoms with Gasteiger partial charge in [0, 0.05) is 32.8 Å². The van der Waals surface area contributed by atoms with Crippen LogP contribution in [-0.2, 0) is 4.74 Å². The van der Waals surface area contributed by atoms with E-state index in [0.29, 0.717) is 6.04 Å². The summed E-state index contributed by atoms with van der Waals surface area (Å²) < 4.78 is 5.13. The number of rotatable bonds is 7. The number of guanidine groups is 1. The fourth-order valence-electron chi connectivity index (χ4n) is 2.43. The molecule has 126 valence electrons. The smallest absolute Gasteiger partial charge is 0.191 e. The quantitative estimate of drug-likeness (QED) is 0.381. The van der Waals surface area contributed by atoms with E-state index in [-0.39, 0.29) is 24.0 Å². The van der Waals surface area contributed by atoms with Crippen LogP contribution >= 0.6 is 24.0 Å². The monoisotopic (exact) mass is 412 g/mol. The van der Waals surface area contributed by atoms with Gasteiger partial charge in [0.15, 0.2) is 5.96 Å². The van der Waals surface area contributed by atoms with E-state index < -0.39 is 0 Å². The zero-order valence-electron chi connectivity index (χ0n) is 14.0. The Labute approximate surface area is 147 Å². The number of aliphatic imine (C=N–C) groups is 1. The first kappa shape index (κ1) is 20.9. The van der Waals surface area contributed by atoms with Crippen molar-refractivity contribution < 1.29 is 4.74 Å². The lowest BCUT2D eigenvalue weighted by Gasteiger charge is -2.31. The third-order valence-corrected chi connectivity index (χ3v) is 3.60. The van der Waals surface area contributed by atoms with Gasteiger partial charge >= 0.3 is 0 Å². The number of piperidine rings is 1. The molecule has 0 atom stereocenters. The van der Waals surface area contributed by atoms with Crippen LogP contribution in [0.4, 0.5) is 0 Å². The second kappa shape index (κ2) is 12.5. The Bertz CT molecular complexity index is 279. The Morgan fingerprint density at radius 1 is 1.33 bits per heavy atom. The zero-order chi connectivity index (χ0) is 14.8. The number of nitrogens with one attached hydrogen (secondary N) is 2. The van der Waals surface area contributed by atoms with Gasteiger partial charge in [-0.25, -0.2) is 0 Å². The van der Waals surface area contributed by atoms with Gasteiger partial charge in [-0.1, -0.05) is 0 Å². The summed E-state index contributed by atoms with van der Waals surface area (Å²) in [6, 6.07) is 0.420. The number of nitrogens with zero attached hydrogens (tertiary/aromatic N) is 2. The first-order chi connectivity index (χ1) is 9.65. The van der Waals surface area contributed by atoms with Gasteiger partial charge in [-0.2, -0.15) is 0 Å². The molecule has 0 saturated carbocycles. The Balaban J connectivity index is 0.00000400. The minimum atomic E-state index is 0. The van der Waals surface area contributed by atoms with E-state index in [1.54, 1.807) is 7.11 Å². The van der Waals surface area contributed by atoms with Crippen molar-refractivity contribution in [2.24, 2.45) is 10.9 Å². The molecule has 1 aliphatic rings. The van der Waals surface area contributed by atoms with Gasteiger partial charge in [0.1, 0.15) is 0 Å². The van der Waals surface area contributed by atoms with Crippen molar-refractivity contribution in [3.63, 3.8) is 0 Å². The van der Waals surface area contributed by atoms with Gasteiger partial charge in [0.05, 0.1) is 6.61 Å². The summed E-state index contributed by atoms with van der Waals surface area (Å²) in [6.07, 6.45) is 2.49. The van der Waals surface area contributed by atoms with E-state index in [4.69, 9.17) is 9.73 Å². The van der Waals surface area contributed by atoms with Gasteiger partial charge in [-0.05, 0) is 52.6 Å². The maximum atomic E-state index is 5.13. The molecule has 0 bridgehead atoms. The number of hydrogen-bond acceptors (Lipinski definition) is 3. The summed E-state index contributed by atoms with van der Waals surface area (Å²) in [4.78, 5) is 7.20. The standard InChI is InChI=1S/C15H32N4O.HI/c1-5-16-15(18-13(2)3)17-12-14-6-8-19(9-7-14)10-11-20-4;/h13-14H,5-12H2,1-4H3,(H2,16,17,18);1H. The lowest BCUT2D eigenvalue weighted by atomic mass is 9.97. The molecule has 0 unspecified atom stereocenters. The van der Waals surface area contributed by atoms with Crippen molar-refractivity contribution in [2.75, 3.05) is 46.4 Å². The van der Waals surface area contributed by atoms with E-state index in [0.717, 1.165) is 38.1 Å². The molecule has 5 nitrogen and oxygen atoms in total. The average molecular weight is 412 g/mol. The van der Waals surface area contributed by atoms with Crippen LogP contribution in [0.15, 0.2) is 4.99 Å². The maximum Gasteiger partial charge on any atom is 0.191 e. The van der Waals surface area contributed by atoms with Crippen molar-refractivity contribution >= 4 is 29.9 Å². The molecule has 1 rings (SSSR count). The van der Waals surface area contributed by atoms with Crippen LogP contribution in [0.3, 0.4) is 0 Å². The second-order valence-electron chi connectivity index (χ2n) is 5.80. The summed E-state index contributed by atoms with van der Waals surface area (Å²) >= 11 is 0. The average Bonchev–Trinajstić information content (AvgIpc) is 2.43. The summed E-state index contributed by atoms with van der Waals surface area (Å²) in [5.74, 6) is 1.67. The summed E-state index contributed by atoms with van der Waals surface area (Å²) in [5.41, 5.74) is 0. The second-order valence-corrected chi connectivity index (χ2v) is 5.80. The topological polar surface area (TPSA) is 48.9 Å². The molecule has 1 fully saturated rings. The first-order valence-corrected chi connectivity index (χ1v) is 7.91. The zero-order valence-corrected chi connectivity index (χ0v) is 16.4. The van der Waals surface area contributed by atoms with Crippen LogP contribution < -0.4 is 10.6 Å². The third-order valence-electron chi connectivity index (χ3n) is 3.60. The van der Waals surface area contributed by atoms with E-state index in [2.05, 4.69) is 36.3 Å². The van der Waals surface area contributed by atoms with Crippen molar-refractivity contribution in [3.05, 3.63) is 0 Å². The highest BCUT2D eigenvalue weighted by Crippen LogP contribution is 2.17. The number of methoxy groups -OCH3 is 1. The molecule has 0 aromatic heterocycles. The molecule has 0 spiro atoms. The SMILES string of the molecule is CCNC(=NCC1CCN(CCOC)CC1)NC(C)C.I. The molecule has 1 saturated heterocycles. The van der Waals surface area contributed by atoms with Gasteiger partial charge in [-0.15, -0.1) is 24.0 Å². The summed E-state index contributed by atoms with van der Waals surface area (Å²) in [7, 11) is 1.77. The number of ether oxygens (including phenoxy) is 1. The maximum absolute atomic E-state index is 5.13. The minimum Gasteiger partial charge on any atom is -0.383 e. The third kappa shape index (κ3) is 9.52. The first-order valence-electron chi connectivity index (χ1n) is 7.91. The number of hydrogen-bond donors (Lipinski definition) is 2. The molecule has 1 heterocycles. The van der Waals surface area contributed by atoms with Gasteiger partial charge in [0.2, 0.25) is 0 Å². The molecule has 0 aromatic rings. The Kier molecular flexibility index (Phi) is 12.4. The fourth-order valence-corrected chi connectivity index (χ4v) is 2.43. The molecule has 0 radical (unpaired) electrons. The van der Waals surface area contributed by atoms with Crippen molar-refractivity contribution in [1.82, 2.24) is 15.5 Å². The van der Waals surface area contributed by atoms with E-state index in [1.807, 2.05) is 0 Å². The fraction of sp³-hybridized carbons (Fsp3) is 0.933. The van der Waals surface area contributed by atoms with Gasteiger partial charge in [0.25, 0.3) is 0 Å². The van der Waals surface area contributed by atoms with Crippen LogP contribution in [-0.4, -0.2) is 63.3 Å². The predicted octanol–water partition coefficient (Wildman–Crippen LogP) is 1.93. The lowest BCUT2D eigenvalue weighted by molar-refractivity contribution is 0.121. The normalized spacial score (nSPS) is 17.7. The van der Waals surface area contributed by atoms with E-state index in [9.17, 15) is 0 Å². The molecule has 2 N–H and O–H groups in total. The van der Waals surface area contributed by atoms with Gasteiger partial charge < -0.3 is 20.3 Å². The Morgan fingerprint density at radius 2 is 2.00 bits per heavy atom. The highest BCUT2D eigenvalue weighted by molar-refractivity contribution is 14.0. The Hall–Kier alpha value is -0.0800. The predicted molar refractivity (Wildman–Crippen MR) is 101 cm³/mol. The van der Waals surface area contributed by atoms with Crippen molar-refractivity contribution in [3.8, 4) is 0 Å². The minimum absolute atomic E-state index is 0. The molecular weight excluding hydrogens is 379 g/mol. The van der Waals surface area contributed by atoms with E-state index >= 15 is 0 Å². The highest BCUT2D eigenvalue weighted by atomic mass is 127. The summed E-state index contributed by atoms with van der Waals surface area (Å²) in [5, 5.41) is 6.67. The largest absolute Gasteiger partial charge is 0.383 e. The van der Waals surface area contributed by atoms with Crippen LogP contribution in [0.1, 0.15) is 33.6 Å². The molecule has 0 amide bonds. The molecular formula is C15H33IN4O. The van der Waals surface area contributed by atoms with Gasteiger partial charge in [-0.3, -0.25) is 4.99 Å². The van der Waals surface area contributed by atoms with Crippen LogP contribution in [0.25, 0.3) is 0 Å².